The van der Waals surface area contributed by atoms with Crippen molar-refractivity contribution in [3.8, 4) is 0 Å². The Kier molecular flexibility index (Phi) is 10.9. The van der Waals surface area contributed by atoms with Gasteiger partial charge in [-0.15, -0.1) is 24.9 Å². The zero-order valence-electron chi connectivity index (χ0n) is 26.0. The molecule has 240 valence electrons. The number of alkyl halides is 1. The van der Waals surface area contributed by atoms with E-state index in [1.165, 1.54) is 0 Å². The molecule has 3 unspecified atom stereocenters. The monoisotopic (exact) mass is 693 g/mol. The number of aliphatic hydroxyl groups is 1. The summed E-state index contributed by atoms with van der Waals surface area (Å²) in [4.78, 5) is 49.3. The molecular weight excluding hydrogens is 650 g/mol. The Morgan fingerprint density at radius 2 is 1.67 bits per heavy atom. The summed E-state index contributed by atoms with van der Waals surface area (Å²) < 4.78 is -0.796. The van der Waals surface area contributed by atoms with Gasteiger partial charge in [-0.25, -0.2) is 0 Å². The van der Waals surface area contributed by atoms with Gasteiger partial charge in [-0.1, -0.05) is 102 Å². The predicted molar refractivity (Wildman–Crippen MR) is 184 cm³/mol. The number of thioether (sulfide) groups is 1. The second-order valence-electron chi connectivity index (χ2n) is 12.4. The van der Waals surface area contributed by atoms with E-state index in [1.807, 2.05) is 60.7 Å². The van der Waals surface area contributed by atoms with Crippen LogP contribution in [0.4, 0.5) is 0 Å². The van der Waals surface area contributed by atoms with Crippen molar-refractivity contribution in [3.05, 3.63) is 97.1 Å². The highest BCUT2D eigenvalue weighted by Crippen LogP contribution is 2.68. The van der Waals surface area contributed by atoms with Gasteiger partial charge >= 0.3 is 0 Å². The second-order valence-corrected chi connectivity index (χ2v) is 15.1. The number of likely N-dealkylation sites (tertiary alicyclic amines) is 1. The molecule has 3 aliphatic rings. The van der Waals surface area contributed by atoms with Crippen LogP contribution in [-0.4, -0.2) is 90.7 Å². The van der Waals surface area contributed by atoms with E-state index in [0.29, 0.717) is 39.0 Å². The van der Waals surface area contributed by atoms with Crippen LogP contribution in [0.15, 0.2) is 86.0 Å². The minimum atomic E-state index is -0.803. The van der Waals surface area contributed by atoms with E-state index in [1.54, 1.807) is 38.6 Å². The lowest BCUT2D eigenvalue weighted by molar-refractivity contribution is -0.147. The van der Waals surface area contributed by atoms with E-state index in [9.17, 15) is 19.5 Å². The third kappa shape index (κ3) is 6.41. The van der Waals surface area contributed by atoms with E-state index < -0.39 is 28.7 Å². The van der Waals surface area contributed by atoms with Gasteiger partial charge in [-0.3, -0.25) is 14.4 Å². The zero-order valence-corrected chi connectivity index (χ0v) is 28.4. The third-order valence-electron chi connectivity index (χ3n) is 9.48. The van der Waals surface area contributed by atoms with Crippen LogP contribution < -0.4 is 0 Å². The van der Waals surface area contributed by atoms with Crippen molar-refractivity contribution in [1.82, 2.24) is 14.7 Å². The maximum Gasteiger partial charge on any atom is 0.247 e. The Balaban J connectivity index is 1.57. The predicted octanol–water partition coefficient (Wildman–Crippen LogP) is 5.08. The molecule has 1 spiro atoms. The zero-order chi connectivity index (χ0) is 32.1. The standard InChI is InChI=1S/C36H44BrN3O4S/c1-4-7-20-38(18-5-2)35(44)32-36-22-28(37)31(45-36)29(33(42)39(19-6-3)23-26-16-12-9-13-17-26)30(36)34(43)40(32)27(24-41)21-25-14-10-8-11-15-25/h5-6,8-17,27-32,41H,2-4,7,18-24H2,1H3/t27-,28?,29+,30+,31+,32?,36?/m1/s1. The quantitative estimate of drug-likeness (QED) is 0.208. The van der Waals surface area contributed by atoms with Gasteiger partial charge in [0.15, 0.2) is 0 Å². The van der Waals surface area contributed by atoms with Crippen molar-refractivity contribution >= 4 is 45.4 Å². The summed E-state index contributed by atoms with van der Waals surface area (Å²) in [7, 11) is 0. The molecule has 2 aromatic rings. The van der Waals surface area contributed by atoms with Gasteiger partial charge in [-0.05, 0) is 30.4 Å². The molecule has 3 fully saturated rings. The number of carbonyl (C=O) groups is 3. The van der Waals surface area contributed by atoms with Gasteiger partial charge in [-0.2, -0.15) is 0 Å². The molecule has 0 saturated carbocycles. The fourth-order valence-electron chi connectivity index (χ4n) is 7.53. The molecule has 0 aromatic heterocycles. The number of rotatable bonds is 15. The third-order valence-corrected chi connectivity index (χ3v) is 12.7. The largest absolute Gasteiger partial charge is 0.394 e. The van der Waals surface area contributed by atoms with Crippen LogP contribution in [0.2, 0.25) is 0 Å². The summed E-state index contributed by atoms with van der Waals surface area (Å²) in [6.45, 7) is 11.3. The summed E-state index contributed by atoms with van der Waals surface area (Å²) in [6.07, 6.45) is 6.21. The second kappa shape index (κ2) is 14.7. The molecule has 5 rings (SSSR count). The average molecular weight is 695 g/mol. The molecule has 1 N–H and O–H groups in total. The van der Waals surface area contributed by atoms with E-state index in [0.717, 1.165) is 24.0 Å². The molecule has 2 aromatic carbocycles. The lowest BCUT2D eigenvalue weighted by Gasteiger charge is -2.40. The number of benzene rings is 2. The average Bonchev–Trinajstić information content (AvgIpc) is 3.65. The summed E-state index contributed by atoms with van der Waals surface area (Å²) >= 11 is 5.53. The SMILES string of the molecule is C=CCN(CCCC)C(=O)C1N([C@@H](CO)Cc2ccccc2)C(=O)[C@@H]2[C@H](C(=O)N(CC=C)Cc3ccccc3)[C@H]3SC12CC3Br. The van der Waals surface area contributed by atoms with Gasteiger partial charge in [0, 0.05) is 36.3 Å². The molecule has 7 atom stereocenters. The van der Waals surface area contributed by atoms with Crippen molar-refractivity contribution < 1.29 is 19.5 Å². The molecule has 0 radical (unpaired) electrons. The lowest BCUT2D eigenvalue weighted by atomic mass is 9.70. The fourth-order valence-corrected chi connectivity index (χ4v) is 11.1. The van der Waals surface area contributed by atoms with Crippen molar-refractivity contribution in [2.75, 3.05) is 26.2 Å². The number of unbranched alkanes of at least 4 members (excludes halogenated alkanes) is 1. The van der Waals surface area contributed by atoms with Crippen LogP contribution in [0.5, 0.6) is 0 Å². The molecule has 3 amide bonds. The number of nitrogens with zero attached hydrogens (tertiary/aromatic N) is 3. The van der Waals surface area contributed by atoms with E-state index in [4.69, 9.17) is 0 Å². The minimum Gasteiger partial charge on any atom is -0.394 e. The van der Waals surface area contributed by atoms with Gasteiger partial charge in [0.2, 0.25) is 17.7 Å². The van der Waals surface area contributed by atoms with Crippen LogP contribution >= 0.6 is 27.7 Å². The van der Waals surface area contributed by atoms with Crippen molar-refractivity contribution in [1.29, 1.82) is 0 Å². The number of hydrogen-bond acceptors (Lipinski definition) is 5. The Labute approximate surface area is 279 Å². The van der Waals surface area contributed by atoms with Crippen molar-refractivity contribution in [3.63, 3.8) is 0 Å². The number of halogens is 1. The molecule has 7 nitrogen and oxygen atoms in total. The molecule has 3 heterocycles. The molecular formula is C36H44BrN3O4S. The Morgan fingerprint density at radius 3 is 2.27 bits per heavy atom. The Hall–Kier alpha value is -2.88. The van der Waals surface area contributed by atoms with Gasteiger partial charge in [0.05, 0.1) is 29.2 Å². The molecule has 9 heteroatoms. The molecule has 2 bridgehead atoms. The molecule has 0 aliphatic carbocycles. The molecule has 3 aliphatic heterocycles. The smallest absolute Gasteiger partial charge is 0.247 e. The van der Waals surface area contributed by atoms with E-state index >= 15 is 0 Å². The Morgan fingerprint density at radius 1 is 1.04 bits per heavy atom. The van der Waals surface area contributed by atoms with E-state index in [-0.39, 0.29) is 34.4 Å². The summed E-state index contributed by atoms with van der Waals surface area (Å²) in [5.41, 5.74) is 1.97. The number of amides is 3. The Bertz CT molecular complexity index is 1380. The minimum absolute atomic E-state index is 0.0387. The number of carbonyl (C=O) groups excluding carboxylic acids is 3. The van der Waals surface area contributed by atoms with Crippen LogP contribution in [-0.2, 0) is 27.3 Å². The highest BCUT2D eigenvalue weighted by Gasteiger charge is 2.76. The number of aliphatic hydroxyl groups excluding tert-OH is 1. The number of hydrogen-bond donors (Lipinski definition) is 1. The number of fused-ring (bicyclic) bond motifs is 1. The first-order valence-corrected chi connectivity index (χ1v) is 17.7. The maximum absolute atomic E-state index is 14.8. The van der Waals surface area contributed by atoms with Crippen LogP contribution in [0.1, 0.15) is 37.3 Å². The summed E-state index contributed by atoms with van der Waals surface area (Å²) in [6, 6.07) is 18.2. The van der Waals surface area contributed by atoms with Crippen LogP contribution in [0, 0.1) is 11.8 Å². The van der Waals surface area contributed by atoms with Gasteiger partial charge < -0.3 is 19.8 Å². The van der Waals surface area contributed by atoms with Gasteiger partial charge in [0.25, 0.3) is 0 Å². The first kappa shape index (κ1) is 33.5. The maximum atomic E-state index is 14.8. The van der Waals surface area contributed by atoms with Crippen LogP contribution in [0.25, 0.3) is 0 Å². The first-order valence-electron chi connectivity index (χ1n) is 15.9. The van der Waals surface area contributed by atoms with E-state index in [2.05, 4.69) is 36.0 Å². The normalized spacial score (nSPS) is 27.2. The summed E-state index contributed by atoms with van der Waals surface area (Å²) in [5, 5.41) is 10.6. The van der Waals surface area contributed by atoms with Crippen molar-refractivity contribution in [2.45, 2.75) is 66.1 Å². The highest BCUT2D eigenvalue weighted by molar-refractivity contribution is 9.09. The fraction of sp³-hybridized carbons (Fsp3) is 0.472. The van der Waals surface area contributed by atoms with Crippen LogP contribution in [0.3, 0.4) is 0 Å². The molecule has 3 saturated heterocycles. The highest BCUT2D eigenvalue weighted by atomic mass is 79.9. The molecule has 45 heavy (non-hydrogen) atoms. The van der Waals surface area contributed by atoms with Crippen molar-refractivity contribution in [2.24, 2.45) is 11.8 Å². The summed E-state index contributed by atoms with van der Waals surface area (Å²) in [5.74, 6) is -1.70. The topological polar surface area (TPSA) is 81.2 Å². The van der Waals surface area contributed by atoms with Gasteiger partial charge in [0.1, 0.15) is 6.04 Å². The first-order chi connectivity index (χ1) is 21.8. The lowest BCUT2D eigenvalue weighted by Crippen LogP contribution is -2.58.